The van der Waals surface area contributed by atoms with Crippen molar-refractivity contribution in [3.05, 3.63) is 95.1 Å². The summed E-state index contributed by atoms with van der Waals surface area (Å²) in [5, 5.41) is 9.92. The van der Waals surface area contributed by atoms with Gasteiger partial charge in [-0.3, -0.25) is 9.69 Å². The van der Waals surface area contributed by atoms with Gasteiger partial charge >= 0.3 is 5.97 Å². The minimum atomic E-state index is -0.717. The van der Waals surface area contributed by atoms with Crippen LogP contribution >= 0.6 is 0 Å². The van der Waals surface area contributed by atoms with E-state index in [9.17, 15) is 9.90 Å². The monoisotopic (exact) mass is 399 g/mol. The second-order valence-electron chi connectivity index (χ2n) is 8.34. The van der Waals surface area contributed by atoms with Gasteiger partial charge < -0.3 is 5.11 Å². The molecular formula is C27H29NO2. The van der Waals surface area contributed by atoms with Crippen molar-refractivity contribution in [1.29, 1.82) is 0 Å². The van der Waals surface area contributed by atoms with E-state index < -0.39 is 12.0 Å². The van der Waals surface area contributed by atoms with Gasteiger partial charge in [-0.1, -0.05) is 84.8 Å². The van der Waals surface area contributed by atoms with Crippen molar-refractivity contribution < 1.29 is 9.90 Å². The molecule has 1 heterocycles. The van der Waals surface area contributed by atoms with E-state index in [1.807, 2.05) is 18.2 Å². The largest absolute Gasteiger partial charge is 0.480 e. The summed E-state index contributed by atoms with van der Waals surface area (Å²) in [5.41, 5.74) is 7.14. The molecule has 1 aliphatic rings. The van der Waals surface area contributed by atoms with E-state index in [0.29, 0.717) is 6.42 Å². The molecule has 30 heavy (non-hydrogen) atoms. The van der Waals surface area contributed by atoms with Crippen LogP contribution in [0.2, 0.25) is 0 Å². The van der Waals surface area contributed by atoms with Crippen LogP contribution in [0.5, 0.6) is 0 Å². The zero-order valence-corrected chi connectivity index (χ0v) is 17.7. The lowest BCUT2D eigenvalue weighted by atomic mass is 9.88. The van der Waals surface area contributed by atoms with Crippen LogP contribution < -0.4 is 0 Å². The van der Waals surface area contributed by atoms with Crippen LogP contribution in [-0.4, -0.2) is 28.6 Å². The molecule has 1 N–H and O–H groups in total. The third-order valence-electron chi connectivity index (χ3n) is 6.21. The third-order valence-corrected chi connectivity index (χ3v) is 6.21. The molecule has 0 bridgehead atoms. The van der Waals surface area contributed by atoms with E-state index in [1.165, 1.54) is 27.8 Å². The van der Waals surface area contributed by atoms with Crippen LogP contribution in [0.1, 0.15) is 47.6 Å². The number of hydrogen-bond donors (Lipinski definition) is 1. The number of carboxylic acid groups (broad SMARTS) is 1. The van der Waals surface area contributed by atoms with E-state index in [-0.39, 0.29) is 6.04 Å². The molecule has 3 aromatic rings. The molecule has 0 saturated carbocycles. The van der Waals surface area contributed by atoms with Crippen LogP contribution in [0.4, 0.5) is 0 Å². The lowest BCUT2D eigenvalue weighted by Gasteiger charge is -2.40. The highest BCUT2D eigenvalue weighted by Crippen LogP contribution is 2.36. The Morgan fingerprint density at radius 2 is 1.63 bits per heavy atom. The fraction of sp³-hybridized carbons (Fsp3) is 0.296. The lowest BCUT2D eigenvalue weighted by molar-refractivity contribution is -0.145. The average molecular weight is 400 g/mol. The Kier molecular flexibility index (Phi) is 6.01. The van der Waals surface area contributed by atoms with Crippen LogP contribution in [0, 0.1) is 13.8 Å². The first-order valence-corrected chi connectivity index (χ1v) is 10.8. The summed E-state index contributed by atoms with van der Waals surface area (Å²) in [6, 6.07) is 25.0. The van der Waals surface area contributed by atoms with Crippen molar-refractivity contribution >= 4 is 5.97 Å². The highest BCUT2D eigenvalue weighted by Gasteiger charge is 2.35. The van der Waals surface area contributed by atoms with Gasteiger partial charge in [0.25, 0.3) is 0 Å². The molecule has 0 aromatic heterocycles. The van der Waals surface area contributed by atoms with Crippen molar-refractivity contribution in [2.75, 3.05) is 6.54 Å². The summed E-state index contributed by atoms with van der Waals surface area (Å²) in [6.45, 7) is 5.03. The van der Waals surface area contributed by atoms with Gasteiger partial charge in [0.15, 0.2) is 0 Å². The summed E-state index contributed by atoms with van der Waals surface area (Å²) in [6.07, 6.45) is 2.71. The number of aliphatic carboxylic acids is 1. The summed E-state index contributed by atoms with van der Waals surface area (Å²) in [5.74, 6) is -0.717. The average Bonchev–Trinajstić information content (AvgIpc) is 2.77. The predicted molar refractivity (Wildman–Crippen MR) is 122 cm³/mol. The number of carbonyl (C=O) groups is 1. The number of benzene rings is 3. The van der Waals surface area contributed by atoms with E-state index in [4.69, 9.17) is 0 Å². The Hall–Kier alpha value is -2.91. The minimum Gasteiger partial charge on any atom is -0.480 e. The van der Waals surface area contributed by atoms with E-state index in [0.717, 1.165) is 24.9 Å². The van der Waals surface area contributed by atoms with Gasteiger partial charge in [0.2, 0.25) is 0 Å². The third kappa shape index (κ3) is 4.17. The van der Waals surface area contributed by atoms with Gasteiger partial charge in [0.1, 0.15) is 6.04 Å². The zero-order valence-electron chi connectivity index (χ0n) is 17.7. The summed E-state index contributed by atoms with van der Waals surface area (Å²) >= 11 is 0. The van der Waals surface area contributed by atoms with Crippen molar-refractivity contribution in [1.82, 2.24) is 4.90 Å². The molecule has 0 spiro atoms. The van der Waals surface area contributed by atoms with Crippen LogP contribution in [0.3, 0.4) is 0 Å². The summed E-state index contributed by atoms with van der Waals surface area (Å²) in [7, 11) is 0. The second-order valence-corrected chi connectivity index (χ2v) is 8.34. The molecule has 0 radical (unpaired) electrons. The molecular weight excluding hydrogens is 370 g/mol. The normalized spacial score (nSPS) is 18.1. The number of piperidine rings is 1. The van der Waals surface area contributed by atoms with E-state index >= 15 is 0 Å². The molecule has 0 aliphatic carbocycles. The van der Waals surface area contributed by atoms with Gasteiger partial charge in [0.05, 0.1) is 6.04 Å². The number of likely N-dealkylation sites (tertiary alicyclic amines) is 1. The van der Waals surface area contributed by atoms with Crippen LogP contribution in [0.25, 0.3) is 11.1 Å². The Labute approximate surface area is 179 Å². The van der Waals surface area contributed by atoms with Gasteiger partial charge in [0, 0.05) is 0 Å². The molecule has 1 fully saturated rings. The Bertz CT molecular complexity index is 1010. The Morgan fingerprint density at radius 1 is 0.933 bits per heavy atom. The number of aryl methyl sites for hydroxylation is 2. The first-order valence-electron chi connectivity index (χ1n) is 10.8. The quantitative estimate of drug-likeness (QED) is 0.572. The molecule has 2 atom stereocenters. The van der Waals surface area contributed by atoms with Crippen molar-refractivity contribution in [3.8, 4) is 11.1 Å². The number of nitrogens with zero attached hydrogens (tertiary/aromatic N) is 1. The Morgan fingerprint density at radius 3 is 2.30 bits per heavy atom. The second kappa shape index (κ2) is 8.85. The molecule has 3 aromatic carbocycles. The predicted octanol–water partition coefficient (Wildman–Crippen LogP) is 6.00. The molecule has 154 valence electrons. The molecule has 1 aliphatic heterocycles. The highest BCUT2D eigenvalue weighted by molar-refractivity contribution is 5.74. The first-order chi connectivity index (χ1) is 14.5. The van der Waals surface area contributed by atoms with E-state index in [2.05, 4.69) is 73.3 Å². The number of carboxylic acids is 1. The van der Waals surface area contributed by atoms with E-state index in [1.54, 1.807) is 0 Å². The molecule has 3 heteroatoms. The fourth-order valence-electron chi connectivity index (χ4n) is 4.70. The van der Waals surface area contributed by atoms with Crippen LogP contribution in [-0.2, 0) is 4.79 Å². The molecule has 3 nitrogen and oxygen atoms in total. The summed E-state index contributed by atoms with van der Waals surface area (Å²) in [4.78, 5) is 14.3. The number of rotatable bonds is 5. The standard InChI is InChI=1S/C27H29NO2/c1-19-11-16-24(20(2)18-19)26(28-17-7-6-10-25(28)27(29)30)23-14-12-22(13-15-23)21-8-4-3-5-9-21/h3-5,8-9,11-16,18,25-26H,6-7,10,17H2,1-2H3,(H,29,30). The molecule has 1 saturated heterocycles. The zero-order chi connectivity index (χ0) is 21.1. The van der Waals surface area contributed by atoms with Crippen molar-refractivity contribution in [2.24, 2.45) is 0 Å². The SMILES string of the molecule is Cc1ccc(C(c2ccc(-c3ccccc3)cc2)N2CCCCC2C(=O)O)c(C)c1. The maximum atomic E-state index is 12.1. The molecule has 4 rings (SSSR count). The highest BCUT2D eigenvalue weighted by atomic mass is 16.4. The lowest BCUT2D eigenvalue weighted by Crippen LogP contribution is -2.47. The van der Waals surface area contributed by atoms with Crippen LogP contribution in [0.15, 0.2) is 72.8 Å². The number of hydrogen-bond acceptors (Lipinski definition) is 2. The van der Waals surface area contributed by atoms with Crippen molar-refractivity contribution in [2.45, 2.75) is 45.2 Å². The van der Waals surface area contributed by atoms with Gasteiger partial charge in [-0.05, 0) is 61.1 Å². The van der Waals surface area contributed by atoms with Crippen molar-refractivity contribution in [3.63, 3.8) is 0 Å². The topological polar surface area (TPSA) is 40.5 Å². The maximum Gasteiger partial charge on any atom is 0.320 e. The Balaban J connectivity index is 1.78. The smallest absolute Gasteiger partial charge is 0.320 e. The van der Waals surface area contributed by atoms with Gasteiger partial charge in [-0.15, -0.1) is 0 Å². The molecule has 2 unspecified atom stereocenters. The first kappa shape index (κ1) is 20.4. The molecule has 0 amide bonds. The van der Waals surface area contributed by atoms with Gasteiger partial charge in [-0.25, -0.2) is 0 Å². The fourth-order valence-corrected chi connectivity index (χ4v) is 4.70. The maximum absolute atomic E-state index is 12.1. The minimum absolute atomic E-state index is 0.0585. The summed E-state index contributed by atoms with van der Waals surface area (Å²) < 4.78 is 0. The van der Waals surface area contributed by atoms with Gasteiger partial charge in [-0.2, -0.15) is 0 Å².